The lowest BCUT2D eigenvalue weighted by Crippen LogP contribution is -2.31. The van der Waals surface area contributed by atoms with E-state index in [1.807, 2.05) is 13.0 Å². The van der Waals surface area contributed by atoms with Crippen LogP contribution in [0.3, 0.4) is 0 Å². The van der Waals surface area contributed by atoms with Gasteiger partial charge in [0.25, 0.3) is 0 Å². The molecule has 1 aliphatic heterocycles. The Balaban J connectivity index is 1.72. The molecule has 2 aromatic rings. The zero-order valence-corrected chi connectivity index (χ0v) is 13.1. The van der Waals surface area contributed by atoms with Crippen molar-refractivity contribution in [3.05, 3.63) is 29.7 Å². The van der Waals surface area contributed by atoms with Gasteiger partial charge in [0.2, 0.25) is 5.13 Å². The van der Waals surface area contributed by atoms with Crippen molar-refractivity contribution in [1.29, 1.82) is 0 Å². The van der Waals surface area contributed by atoms with Gasteiger partial charge in [0.15, 0.2) is 5.69 Å². The van der Waals surface area contributed by atoms with E-state index in [4.69, 9.17) is 5.11 Å². The first-order chi connectivity index (χ1) is 10.6. The molecule has 0 bridgehead atoms. The van der Waals surface area contributed by atoms with Gasteiger partial charge < -0.3 is 14.9 Å². The second-order valence-corrected chi connectivity index (χ2v) is 5.87. The Morgan fingerprint density at radius 2 is 1.95 bits per heavy atom. The van der Waals surface area contributed by atoms with Crippen molar-refractivity contribution in [2.24, 2.45) is 0 Å². The number of rotatable bonds is 3. The zero-order chi connectivity index (χ0) is 15.5. The van der Waals surface area contributed by atoms with Gasteiger partial charge in [-0.25, -0.2) is 14.8 Å². The van der Waals surface area contributed by atoms with Crippen LogP contribution < -0.4 is 9.80 Å². The van der Waals surface area contributed by atoms with Crippen molar-refractivity contribution in [2.45, 2.75) is 13.3 Å². The SMILES string of the molecule is Cc1nsc(N2CCCN(c3cccc(C(=O)O)n3)CC2)n1. The summed E-state index contributed by atoms with van der Waals surface area (Å²) in [5.74, 6) is 0.523. The molecule has 0 aromatic carbocycles. The largest absolute Gasteiger partial charge is 0.477 e. The predicted molar refractivity (Wildman–Crippen MR) is 84.9 cm³/mol. The first kappa shape index (κ1) is 14.7. The molecule has 1 saturated heterocycles. The molecule has 2 aromatic heterocycles. The van der Waals surface area contributed by atoms with Gasteiger partial charge in [-0.2, -0.15) is 4.37 Å². The van der Waals surface area contributed by atoms with Crippen LogP contribution in [0.1, 0.15) is 22.7 Å². The molecule has 0 radical (unpaired) electrons. The normalized spacial score (nSPS) is 15.7. The predicted octanol–water partition coefficient (Wildman–Crippen LogP) is 1.66. The van der Waals surface area contributed by atoms with Crippen LogP contribution in [0.2, 0.25) is 0 Å². The van der Waals surface area contributed by atoms with E-state index in [2.05, 4.69) is 24.1 Å². The molecular weight excluding hydrogens is 302 g/mol. The van der Waals surface area contributed by atoms with Crippen molar-refractivity contribution < 1.29 is 9.90 Å². The lowest BCUT2D eigenvalue weighted by molar-refractivity contribution is 0.0690. The van der Waals surface area contributed by atoms with E-state index in [9.17, 15) is 4.79 Å². The average molecular weight is 319 g/mol. The van der Waals surface area contributed by atoms with E-state index in [0.717, 1.165) is 49.4 Å². The van der Waals surface area contributed by atoms with Crippen molar-refractivity contribution in [1.82, 2.24) is 14.3 Å². The van der Waals surface area contributed by atoms with Crippen LogP contribution >= 0.6 is 11.5 Å². The van der Waals surface area contributed by atoms with Crippen molar-refractivity contribution in [3.63, 3.8) is 0 Å². The Morgan fingerprint density at radius 1 is 1.18 bits per heavy atom. The summed E-state index contributed by atoms with van der Waals surface area (Å²) in [6.07, 6.45) is 0.970. The fourth-order valence-corrected chi connectivity index (χ4v) is 3.20. The summed E-state index contributed by atoms with van der Waals surface area (Å²) in [6.45, 7) is 5.28. The van der Waals surface area contributed by atoms with E-state index in [0.29, 0.717) is 0 Å². The zero-order valence-electron chi connectivity index (χ0n) is 12.3. The number of carbonyl (C=O) groups is 1. The number of carboxylic acids is 1. The molecule has 116 valence electrons. The molecule has 8 heteroatoms. The summed E-state index contributed by atoms with van der Waals surface area (Å²) in [7, 11) is 0. The maximum absolute atomic E-state index is 11.0. The summed E-state index contributed by atoms with van der Waals surface area (Å²) in [6, 6.07) is 5.11. The smallest absolute Gasteiger partial charge is 0.354 e. The number of hydrogen-bond acceptors (Lipinski definition) is 7. The molecular formula is C14H17N5O2S. The lowest BCUT2D eigenvalue weighted by atomic mass is 10.3. The van der Waals surface area contributed by atoms with Crippen LogP contribution in [-0.2, 0) is 0 Å². The Kier molecular flexibility index (Phi) is 4.19. The van der Waals surface area contributed by atoms with Crippen LogP contribution in [0.25, 0.3) is 0 Å². The number of carboxylic acid groups (broad SMARTS) is 1. The number of aromatic carboxylic acids is 1. The van der Waals surface area contributed by atoms with Gasteiger partial charge in [0, 0.05) is 37.7 Å². The van der Waals surface area contributed by atoms with Crippen LogP contribution in [-0.4, -0.2) is 51.6 Å². The van der Waals surface area contributed by atoms with Gasteiger partial charge in [0.05, 0.1) is 0 Å². The topological polar surface area (TPSA) is 82.5 Å². The highest BCUT2D eigenvalue weighted by Crippen LogP contribution is 2.20. The van der Waals surface area contributed by atoms with Gasteiger partial charge in [-0.15, -0.1) is 0 Å². The molecule has 0 atom stereocenters. The summed E-state index contributed by atoms with van der Waals surface area (Å²) in [4.78, 5) is 24.0. The maximum Gasteiger partial charge on any atom is 0.354 e. The average Bonchev–Trinajstić information content (AvgIpc) is 2.81. The van der Waals surface area contributed by atoms with Crippen molar-refractivity contribution in [3.8, 4) is 0 Å². The number of pyridine rings is 1. The molecule has 7 nitrogen and oxygen atoms in total. The van der Waals surface area contributed by atoms with Gasteiger partial charge in [-0.05, 0) is 25.5 Å². The van der Waals surface area contributed by atoms with E-state index < -0.39 is 5.97 Å². The minimum atomic E-state index is -0.998. The summed E-state index contributed by atoms with van der Waals surface area (Å²) >= 11 is 1.42. The molecule has 0 aliphatic carbocycles. The van der Waals surface area contributed by atoms with Crippen LogP contribution in [0.4, 0.5) is 10.9 Å². The monoisotopic (exact) mass is 319 g/mol. The minimum absolute atomic E-state index is 0.0818. The van der Waals surface area contributed by atoms with Gasteiger partial charge >= 0.3 is 5.97 Å². The maximum atomic E-state index is 11.0. The summed E-state index contributed by atoms with van der Waals surface area (Å²) < 4.78 is 4.23. The third-order valence-corrected chi connectivity index (χ3v) is 4.43. The Labute approximate surface area is 132 Å². The Bertz CT molecular complexity index is 675. The Morgan fingerprint density at radius 3 is 2.68 bits per heavy atom. The van der Waals surface area contributed by atoms with Crippen molar-refractivity contribution in [2.75, 3.05) is 36.0 Å². The number of nitrogens with zero attached hydrogens (tertiary/aromatic N) is 5. The van der Waals surface area contributed by atoms with Crippen molar-refractivity contribution >= 4 is 28.5 Å². The van der Waals surface area contributed by atoms with Gasteiger partial charge in [-0.1, -0.05) is 6.07 Å². The first-order valence-corrected chi connectivity index (χ1v) is 7.91. The molecule has 3 rings (SSSR count). The Hall–Kier alpha value is -2.22. The highest BCUT2D eigenvalue weighted by molar-refractivity contribution is 7.09. The van der Waals surface area contributed by atoms with Gasteiger partial charge in [0.1, 0.15) is 11.6 Å². The second kappa shape index (κ2) is 6.27. The molecule has 1 aliphatic rings. The summed E-state index contributed by atoms with van der Waals surface area (Å²) in [5, 5.41) is 10.0. The molecule has 3 heterocycles. The molecule has 22 heavy (non-hydrogen) atoms. The number of anilines is 2. The summed E-state index contributed by atoms with van der Waals surface area (Å²) in [5.41, 5.74) is 0.0818. The molecule has 1 fully saturated rings. The molecule has 1 N–H and O–H groups in total. The fraction of sp³-hybridized carbons (Fsp3) is 0.429. The number of aromatic nitrogens is 3. The number of hydrogen-bond donors (Lipinski definition) is 1. The quantitative estimate of drug-likeness (QED) is 0.921. The number of aryl methyl sites for hydroxylation is 1. The third-order valence-electron chi connectivity index (χ3n) is 3.56. The second-order valence-electron chi connectivity index (χ2n) is 5.14. The minimum Gasteiger partial charge on any atom is -0.477 e. The highest BCUT2D eigenvalue weighted by atomic mass is 32.1. The molecule has 0 spiro atoms. The first-order valence-electron chi connectivity index (χ1n) is 7.14. The van der Waals surface area contributed by atoms with Crippen LogP contribution in [0, 0.1) is 6.92 Å². The van der Waals surface area contributed by atoms with E-state index in [1.165, 1.54) is 17.6 Å². The fourth-order valence-electron chi connectivity index (χ4n) is 2.47. The molecule has 0 saturated carbocycles. The van der Waals surface area contributed by atoms with E-state index in [1.54, 1.807) is 6.07 Å². The highest BCUT2D eigenvalue weighted by Gasteiger charge is 2.19. The lowest BCUT2D eigenvalue weighted by Gasteiger charge is -2.22. The van der Waals surface area contributed by atoms with E-state index >= 15 is 0 Å². The standard InChI is InChI=1S/C14H17N5O2S/c1-10-15-14(22-17-10)19-7-3-6-18(8-9-19)12-5-2-4-11(16-12)13(20)21/h2,4-5H,3,6-9H2,1H3,(H,20,21). The molecule has 0 amide bonds. The van der Waals surface area contributed by atoms with E-state index in [-0.39, 0.29) is 5.69 Å². The molecule has 0 unspecified atom stereocenters. The van der Waals surface area contributed by atoms with Crippen LogP contribution in [0.15, 0.2) is 18.2 Å². The van der Waals surface area contributed by atoms with Crippen LogP contribution in [0.5, 0.6) is 0 Å². The third kappa shape index (κ3) is 3.16. The van der Waals surface area contributed by atoms with Gasteiger partial charge in [-0.3, -0.25) is 0 Å².